The predicted molar refractivity (Wildman–Crippen MR) is 143 cm³/mol. The lowest BCUT2D eigenvalue weighted by atomic mass is 9.74. The van der Waals surface area contributed by atoms with Crippen LogP contribution in [0.2, 0.25) is 0 Å². The number of benzene rings is 1. The van der Waals surface area contributed by atoms with E-state index in [-0.39, 0.29) is 30.4 Å². The second-order valence-corrected chi connectivity index (χ2v) is 11.4. The summed E-state index contributed by atoms with van der Waals surface area (Å²) in [5.41, 5.74) is -1.35. The quantitative estimate of drug-likeness (QED) is 0.557. The van der Waals surface area contributed by atoms with E-state index in [1.807, 2.05) is 73.4 Å². The summed E-state index contributed by atoms with van der Waals surface area (Å²) in [6.45, 7) is 8.66. The van der Waals surface area contributed by atoms with Crippen molar-refractivity contribution in [3.63, 3.8) is 0 Å². The highest BCUT2D eigenvalue weighted by atomic mass is 16.5. The number of hydrogen-bond donors (Lipinski definition) is 1. The van der Waals surface area contributed by atoms with Gasteiger partial charge in [0.15, 0.2) is 0 Å². The van der Waals surface area contributed by atoms with Crippen molar-refractivity contribution in [3.05, 3.63) is 60.2 Å². The summed E-state index contributed by atoms with van der Waals surface area (Å²) in [7, 11) is 0. The fourth-order valence-corrected chi connectivity index (χ4v) is 7.01. The lowest BCUT2D eigenvalue weighted by Crippen LogP contribution is -2.59. The van der Waals surface area contributed by atoms with Gasteiger partial charge in [-0.05, 0) is 32.8 Å². The van der Waals surface area contributed by atoms with Crippen molar-refractivity contribution in [1.82, 2.24) is 14.7 Å². The van der Waals surface area contributed by atoms with Gasteiger partial charge in [0.05, 0.1) is 30.1 Å². The topological polar surface area (TPSA) is 90.4 Å². The van der Waals surface area contributed by atoms with E-state index in [9.17, 15) is 19.5 Å². The first-order valence-corrected chi connectivity index (χ1v) is 13.8. The van der Waals surface area contributed by atoms with E-state index in [2.05, 4.69) is 6.92 Å². The van der Waals surface area contributed by atoms with Crippen LogP contribution in [0.5, 0.6) is 0 Å². The molecule has 3 amide bonds. The minimum absolute atomic E-state index is 0.0157. The van der Waals surface area contributed by atoms with Gasteiger partial charge in [0.2, 0.25) is 17.7 Å². The zero-order valence-electron chi connectivity index (χ0n) is 22.7. The first kappa shape index (κ1) is 26.6. The third kappa shape index (κ3) is 4.00. The van der Waals surface area contributed by atoms with Crippen molar-refractivity contribution in [2.45, 2.75) is 76.4 Å². The van der Waals surface area contributed by atoms with Gasteiger partial charge in [-0.15, -0.1) is 0 Å². The number of carbonyl (C=O) groups excluding carboxylic acids is 3. The summed E-state index contributed by atoms with van der Waals surface area (Å²) in [4.78, 5) is 47.8. The average Bonchev–Trinajstić information content (AvgIpc) is 3.18. The first-order chi connectivity index (χ1) is 18.2. The molecule has 0 radical (unpaired) electrons. The van der Waals surface area contributed by atoms with Crippen molar-refractivity contribution in [3.8, 4) is 0 Å². The third-order valence-corrected chi connectivity index (χ3v) is 8.80. The number of aliphatic hydroxyl groups is 1. The maximum absolute atomic E-state index is 14.3. The molecular weight excluding hydrogens is 482 g/mol. The lowest BCUT2D eigenvalue weighted by molar-refractivity contribution is -0.156. The van der Waals surface area contributed by atoms with E-state index in [1.54, 1.807) is 11.8 Å². The van der Waals surface area contributed by atoms with Gasteiger partial charge in [-0.1, -0.05) is 68.0 Å². The highest BCUT2D eigenvalue weighted by molar-refractivity contribution is 6.00. The molecule has 8 heteroatoms. The van der Waals surface area contributed by atoms with Crippen molar-refractivity contribution >= 4 is 17.7 Å². The Bertz CT molecular complexity index is 1150. The second-order valence-electron chi connectivity index (χ2n) is 11.4. The van der Waals surface area contributed by atoms with Crippen LogP contribution in [0.4, 0.5) is 0 Å². The highest BCUT2D eigenvalue weighted by Crippen LogP contribution is 2.58. The molecule has 4 aliphatic rings. The lowest BCUT2D eigenvalue weighted by Gasteiger charge is -2.40. The molecule has 1 aromatic carbocycles. The standard InChI is InChI=1S/C30H39N3O5/c1-5-11-20(2)32-17-10-15-30-24(27(36)33(21(3)19-34)25(30)28(32)37)23-26(35)31(16-9-14-29(23,4)38-30)18-22-12-7-6-8-13-22/h6-10,12-15,20-21,23-25,34H,5,11,16-19H2,1-4H3/t20?,21-,23+,24+,25?,29-,30+/m1/s1. The molecular formula is C30H39N3O5. The van der Waals surface area contributed by atoms with Crippen LogP contribution in [0.1, 0.15) is 46.1 Å². The minimum atomic E-state index is -1.30. The molecule has 0 saturated carbocycles. The van der Waals surface area contributed by atoms with E-state index in [1.165, 1.54) is 4.90 Å². The molecule has 2 unspecified atom stereocenters. The van der Waals surface area contributed by atoms with E-state index in [4.69, 9.17) is 4.74 Å². The van der Waals surface area contributed by atoms with Gasteiger partial charge >= 0.3 is 0 Å². The maximum Gasteiger partial charge on any atom is 0.249 e. The largest absolute Gasteiger partial charge is 0.394 e. The number of hydrogen-bond acceptors (Lipinski definition) is 5. The molecule has 1 N–H and O–H groups in total. The minimum Gasteiger partial charge on any atom is -0.394 e. The molecule has 5 rings (SSSR count). The smallest absolute Gasteiger partial charge is 0.249 e. The fraction of sp³-hybridized carbons (Fsp3) is 0.567. The number of rotatable bonds is 7. The molecule has 8 nitrogen and oxygen atoms in total. The number of likely N-dealkylation sites (tertiary alicyclic amines) is 1. The van der Waals surface area contributed by atoms with Crippen molar-refractivity contribution in [1.29, 1.82) is 0 Å². The van der Waals surface area contributed by atoms with Crippen LogP contribution in [0.15, 0.2) is 54.6 Å². The molecule has 1 aromatic rings. The Morgan fingerprint density at radius 2 is 1.68 bits per heavy atom. The summed E-state index contributed by atoms with van der Waals surface area (Å²) in [5.74, 6) is -2.33. The molecule has 2 saturated heterocycles. The number of aliphatic hydroxyl groups excluding tert-OH is 1. The second kappa shape index (κ2) is 9.97. The van der Waals surface area contributed by atoms with Crippen LogP contribution in [0, 0.1) is 11.8 Å². The molecule has 0 aromatic heterocycles. The fourth-order valence-electron chi connectivity index (χ4n) is 7.01. The molecule has 38 heavy (non-hydrogen) atoms. The molecule has 7 atom stereocenters. The SMILES string of the molecule is CCCC(C)N1CC=C[C@]23O[C@]4(C)C=CCN(Cc5ccccc5)C(=O)[C@@H]4[C@H]2C(=O)N([C@H](C)CO)C3C1=O. The van der Waals surface area contributed by atoms with Gasteiger partial charge in [0, 0.05) is 25.7 Å². The van der Waals surface area contributed by atoms with Gasteiger partial charge in [0.25, 0.3) is 0 Å². The van der Waals surface area contributed by atoms with Crippen LogP contribution < -0.4 is 0 Å². The summed E-state index contributed by atoms with van der Waals surface area (Å²) < 4.78 is 6.84. The maximum atomic E-state index is 14.3. The zero-order chi connectivity index (χ0) is 27.2. The first-order valence-electron chi connectivity index (χ1n) is 13.8. The van der Waals surface area contributed by atoms with E-state index < -0.39 is 35.1 Å². The van der Waals surface area contributed by atoms with E-state index >= 15 is 0 Å². The number of ether oxygens (including phenoxy) is 1. The Labute approximate surface area is 224 Å². The Balaban J connectivity index is 1.59. The summed E-state index contributed by atoms with van der Waals surface area (Å²) in [6.07, 6.45) is 9.38. The number of nitrogens with zero attached hydrogens (tertiary/aromatic N) is 3. The van der Waals surface area contributed by atoms with Crippen LogP contribution in [0.3, 0.4) is 0 Å². The Morgan fingerprint density at radius 3 is 2.37 bits per heavy atom. The van der Waals surface area contributed by atoms with Crippen LogP contribution in [0.25, 0.3) is 0 Å². The normalized spacial score (nSPS) is 34.1. The monoisotopic (exact) mass is 521 g/mol. The zero-order valence-corrected chi connectivity index (χ0v) is 22.7. The van der Waals surface area contributed by atoms with Gasteiger partial charge in [0.1, 0.15) is 11.6 Å². The van der Waals surface area contributed by atoms with Crippen molar-refractivity contribution in [2.24, 2.45) is 11.8 Å². The summed E-state index contributed by atoms with van der Waals surface area (Å²) >= 11 is 0. The molecule has 1 spiro atoms. The number of amides is 3. The van der Waals surface area contributed by atoms with Crippen LogP contribution >= 0.6 is 0 Å². The summed E-state index contributed by atoms with van der Waals surface area (Å²) in [6, 6.07) is 8.22. The molecule has 4 heterocycles. The molecule has 0 bridgehead atoms. The van der Waals surface area contributed by atoms with Crippen LogP contribution in [-0.2, 0) is 25.7 Å². The van der Waals surface area contributed by atoms with Crippen LogP contribution in [-0.4, -0.2) is 86.6 Å². The molecule has 204 valence electrons. The van der Waals surface area contributed by atoms with Crippen molar-refractivity contribution < 1.29 is 24.2 Å². The third-order valence-electron chi connectivity index (χ3n) is 8.80. The van der Waals surface area contributed by atoms with Gasteiger partial charge in [-0.25, -0.2) is 0 Å². The van der Waals surface area contributed by atoms with Gasteiger partial charge in [-0.2, -0.15) is 0 Å². The van der Waals surface area contributed by atoms with E-state index in [0.29, 0.717) is 19.6 Å². The Morgan fingerprint density at radius 1 is 0.974 bits per heavy atom. The van der Waals surface area contributed by atoms with Crippen molar-refractivity contribution in [2.75, 3.05) is 19.7 Å². The van der Waals surface area contributed by atoms with E-state index in [0.717, 1.165) is 18.4 Å². The van der Waals surface area contributed by atoms with Gasteiger partial charge < -0.3 is 24.5 Å². The average molecular weight is 522 g/mol. The molecule has 2 fully saturated rings. The summed E-state index contributed by atoms with van der Waals surface area (Å²) in [5, 5.41) is 10.1. The highest BCUT2D eigenvalue weighted by Gasteiger charge is 2.75. The van der Waals surface area contributed by atoms with Gasteiger partial charge in [-0.3, -0.25) is 14.4 Å². The molecule has 0 aliphatic carbocycles. The predicted octanol–water partition coefficient (Wildman–Crippen LogP) is 2.52. The molecule has 4 aliphatic heterocycles. The Hall–Kier alpha value is -2.97. The Kier molecular flexibility index (Phi) is 6.99. The number of fused-ring (bicyclic) bond motifs is 2. The number of carbonyl (C=O) groups is 3.